The third-order valence-electron chi connectivity index (χ3n) is 9.98. The molecule has 0 saturated carbocycles. The van der Waals surface area contributed by atoms with Gasteiger partial charge in [0, 0.05) is 48.4 Å². The maximum atomic E-state index is 14.4. The lowest BCUT2D eigenvalue weighted by molar-refractivity contribution is -0.148. The molecule has 3 aromatic rings. The summed E-state index contributed by atoms with van der Waals surface area (Å²) >= 11 is 0.933. The Labute approximate surface area is 296 Å². The monoisotopic (exact) mass is 743 g/mol. The van der Waals surface area contributed by atoms with Crippen LogP contribution in [-0.4, -0.2) is 106 Å². The van der Waals surface area contributed by atoms with E-state index in [0.717, 1.165) is 29.0 Å². The van der Waals surface area contributed by atoms with Crippen LogP contribution in [0.5, 0.6) is 5.75 Å². The zero-order chi connectivity index (χ0) is 36.8. The van der Waals surface area contributed by atoms with Gasteiger partial charge >= 0.3 is 13.3 Å². The van der Waals surface area contributed by atoms with Crippen molar-refractivity contribution in [2.24, 2.45) is 0 Å². The van der Waals surface area contributed by atoms with E-state index >= 15 is 0 Å². The van der Waals surface area contributed by atoms with E-state index in [1.54, 1.807) is 18.1 Å². The normalized spacial score (nSPS) is 24.1. The Morgan fingerprint density at radius 2 is 1.80 bits per heavy atom. The molecule has 6 rings (SSSR count). The molecular formula is C34H36F2N5O8PS. The van der Waals surface area contributed by atoms with Crippen molar-refractivity contribution in [3.05, 3.63) is 76.0 Å². The molecule has 1 aromatic heterocycles. The second-order valence-corrected chi connectivity index (χ2v) is 15.7. The lowest BCUT2D eigenvalue weighted by Crippen LogP contribution is -2.61. The van der Waals surface area contributed by atoms with Crippen molar-refractivity contribution in [3.8, 4) is 5.75 Å². The van der Waals surface area contributed by atoms with Crippen LogP contribution in [0.25, 0.3) is 14.9 Å². The minimum absolute atomic E-state index is 0.0427. The maximum absolute atomic E-state index is 14.4. The lowest BCUT2D eigenvalue weighted by atomic mass is 9.94. The molecule has 270 valence electrons. The highest BCUT2D eigenvalue weighted by molar-refractivity contribution is 7.52. The molecule has 2 aromatic carbocycles. The molecule has 3 fully saturated rings. The van der Waals surface area contributed by atoms with Crippen LogP contribution in [0.2, 0.25) is 0 Å². The summed E-state index contributed by atoms with van der Waals surface area (Å²) in [5.41, 5.74) is -4.52. The number of halogens is 2. The van der Waals surface area contributed by atoms with Crippen molar-refractivity contribution < 1.29 is 47.0 Å². The number of benzene rings is 2. The number of alkyl halides is 2. The van der Waals surface area contributed by atoms with Gasteiger partial charge in [0.2, 0.25) is 23.8 Å². The molecule has 17 heteroatoms. The highest BCUT2D eigenvalue weighted by atomic mass is 32.1. The number of rotatable bonds is 7. The third-order valence-corrected chi connectivity index (χ3v) is 12.1. The van der Waals surface area contributed by atoms with Crippen LogP contribution in [0.15, 0.2) is 48.5 Å². The van der Waals surface area contributed by atoms with Gasteiger partial charge in [-0.15, -0.1) is 11.3 Å². The number of methoxy groups -OCH3 is 1. The third kappa shape index (κ3) is 6.83. The average molecular weight is 744 g/mol. The minimum atomic E-state index is -5.82. The van der Waals surface area contributed by atoms with Crippen molar-refractivity contribution >= 4 is 52.6 Å². The summed E-state index contributed by atoms with van der Waals surface area (Å²) in [6.07, 6.45) is 1.30. The fourth-order valence-corrected chi connectivity index (χ4v) is 8.76. The van der Waals surface area contributed by atoms with Gasteiger partial charge in [-0.3, -0.25) is 23.7 Å². The Morgan fingerprint density at radius 3 is 2.49 bits per heavy atom. The molecule has 3 N–H and O–H groups in total. The standard InChI is InChI=1S/C34H36F2N5O8PS/c1-19(42)39-13-12-22-9-10-27(33(45)40-16-24(25(17-40)37-2)23-6-4-5-7-28(23)49-3)41(22)32(44)26(18-39)38-31(43)30-15-20-14-21(8-11-29(20)51-30)34(35,36)50(46,47)48/h4-8,11,14-15,22,24-27H,9-10,12-13,16-18H2,1,3H3,(H,38,43)(H2,46,47,48)/t22-,24?,25+,26+,27+/m1/s1. The highest BCUT2D eigenvalue weighted by Crippen LogP contribution is 2.59. The molecule has 3 aliphatic heterocycles. The Bertz CT molecular complexity index is 1980. The van der Waals surface area contributed by atoms with Gasteiger partial charge in [-0.2, -0.15) is 8.78 Å². The van der Waals surface area contributed by atoms with Crippen LogP contribution in [-0.2, 0) is 24.6 Å². The first-order chi connectivity index (χ1) is 24.1. The Hall–Kier alpha value is -4.42. The molecule has 5 atom stereocenters. The van der Waals surface area contributed by atoms with E-state index in [2.05, 4.69) is 10.2 Å². The number of carbonyl (C=O) groups is 4. The van der Waals surface area contributed by atoms with Gasteiger partial charge in [-0.25, -0.2) is 6.57 Å². The number of hydrogen-bond donors (Lipinski definition) is 3. The zero-order valence-corrected chi connectivity index (χ0v) is 29.4. The van der Waals surface area contributed by atoms with Gasteiger partial charge in [-0.05, 0) is 48.9 Å². The van der Waals surface area contributed by atoms with Crippen LogP contribution in [0.1, 0.15) is 52.9 Å². The van der Waals surface area contributed by atoms with E-state index in [9.17, 15) is 32.5 Å². The number of fused-ring (bicyclic) bond motifs is 2. The summed E-state index contributed by atoms with van der Waals surface area (Å²) in [7, 11) is -4.27. The number of nitrogens with zero attached hydrogens (tertiary/aromatic N) is 4. The first-order valence-corrected chi connectivity index (χ1v) is 18.7. The maximum Gasteiger partial charge on any atom is 0.399 e. The number of para-hydroxylation sites is 1. The predicted octanol–water partition coefficient (Wildman–Crippen LogP) is 3.76. The Balaban J connectivity index is 1.24. The molecule has 4 amide bonds. The van der Waals surface area contributed by atoms with E-state index in [4.69, 9.17) is 21.1 Å². The second-order valence-electron chi connectivity index (χ2n) is 13.0. The molecule has 0 bridgehead atoms. The molecule has 3 aliphatic rings. The zero-order valence-electron chi connectivity index (χ0n) is 27.7. The van der Waals surface area contributed by atoms with Crippen LogP contribution in [0.3, 0.4) is 0 Å². The molecule has 0 spiro atoms. The van der Waals surface area contributed by atoms with E-state index in [1.165, 1.54) is 28.9 Å². The molecular weight excluding hydrogens is 707 g/mol. The summed E-state index contributed by atoms with van der Waals surface area (Å²) in [4.78, 5) is 81.4. The summed E-state index contributed by atoms with van der Waals surface area (Å²) in [5, 5.41) is 2.85. The fraction of sp³-hybridized carbons (Fsp3) is 0.441. The largest absolute Gasteiger partial charge is 0.496 e. The smallest absolute Gasteiger partial charge is 0.399 e. The summed E-state index contributed by atoms with van der Waals surface area (Å²) in [6, 6.07) is 8.69. The van der Waals surface area contributed by atoms with Crippen LogP contribution in [0, 0.1) is 6.57 Å². The van der Waals surface area contributed by atoms with E-state index < -0.39 is 48.8 Å². The van der Waals surface area contributed by atoms with Gasteiger partial charge in [-0.1, -0.05) is 24.3 Å². The lowest BCUT2D eigenvalue weighted by Gasteiger charge is -2.39. The van der Waals surface area contributed by atoms with Crippen LogP contribution >= 0.6 is 18.9 Å². The predicted molar refractivity (Wildman–Crippen MR) is 182 cm³/mol. The fourth-order valence-electron chi connectivity index (χ4n) is 7.34. The van der Waals surface area contributed by atoms with E-state index in [0.29, 0.717) is 29.7 Å². The molecule has 51 heavy (non-hydrogen) atoms. The van der Waals surface area contributed by atoms with Crippen LogP contribution in [0.4, 0.5) is 8.78 Å². The SMILES string of the molecule is [C-]#[N+][C@H]1CN(C(=O)[C@@H]2CC[C@@H]3CCN(C(C)=O)C[C@H](NC(=O)c4cc5cc(C(F)(F)P(=O)(O)O)ccc5s4)C(=O)N32)CC1c1ccccc1OC. The highest BCUT2D eigenvalue weighted by Gasteiger charge is 2.51. The Kier molecular flexibility index (Phi) is 9.95. The van der Waals surface area contributed by atoms with Crippen LogP contribution < -0.4 is 10.1 Å². The number of nitrogens with one attached hydrogen (secondary N) is 1. The average Bonchev–Trinajstić information content (AvgIpc) is 3.84. The number of carbonyl (C=O) groups excluding carboxylic acids is 4. The summed E-state index contributed by atoms with van der Waals surface area (Å²) in [5.74, 6) is -1.53. The van der Waals surface area contributed by atoms with Gasteiger partial charge in [0.05, 0.1) is 24.4 Å². The first kappa shape index (κ1) is 36.4. The number of amides is 4. The molecule has 0 aliphatic carbocycles. The quantitative estimate of drug-likeness (QED) is 0.244. The molecule has 3 saturated heterocycles. The van der Waals surface area contributed by atoms with Gasteiger partial charge in [0.1, 0.15) is 17.8 Å². The van der Waals surface area contributed by atoms with E-state index in [-0.39, 0.29) is 60.2 Å². The van der Waals surface area contributed by atoms with Gasteiger partial charge in [0.15, 0.2) is 0 Å². The molecule has 0 radical (unpaired) electrons. The van der Waals surface area contributed by atoms with E-state index in [1.807, 2.05) is 18.2 Å². The molecule has 13 nitrogen and oxygen atoms in total. The summed E-state index contributed by atoms with van der Waals surface area (Å²) in [6.45, 7) is 9.77. The minimum Gasteiger partial charge on any atom is -0.496 e. The van der Waals surface area contributed by atoms with Gasteiger partial charge < -0.3 is 39.4 Å². The number of ether oxygens (including phenoxy) is 1. The molecule has 1 unspecified atom stereocenters. The Morgan fingerprint density at radius 1 is 1.06 bits per heavy atom. The van der Waals surface area contributed by atoms with Crippen molar-refractivity contribution in [2.45, 2.75) is 61.9 Å². The summed E-state index contributed by atoms with van der Waals surface area (Å²) < 4.78 is 46.1. The second kappa shape index (κ2) is 14.0. The van der Waals surface area contributed by atoms with Crippen molar-refractivity contribution in [1.82, 2.24) is 20.0 Å². The molecule has 4 heterocycles. The number of hydrogen-bond acceptors (Lipinski definition) is 7. The topological polar surface area (TPSA) is 161 Å². The van der Waals surface area contributed by atoms with Crippen molar-refractivity contribution in [3.63, 3.8) is 0 Å². The number of likely N-dealkylation sites (tertiary alicyclic amines) is 1. The van der Waals surface area contributed by atoms with Crippen molar-refractivity contribution in [1.29, 1.82) is 0 Å². The number of thiophene rings is 1. The first-order valence-electron chi connectivity index (χ1n) is 16.3. The van der Waals surface area contributed by atoms with Crippen molar-refractivity contribution in [2.75, 3.05) is 33.3 Å². The van der Waals surface area contributed by atoms with Gasteiger partial charge in [0.25, 0.3) is 5.91 Å².